The smallest absolute Gasteiger partial charge is 0.191 e. The summed E-state index contributed by atoms with van der Waals surface area (Å²) in [5, 5.41) is 6.55. The molecule has 5 heteroatoms. The molecular formula is C17H23FN4. The zero-order chi connectivity index (χ0) is 15.9. The zero-order valence-corrected chi connectivity index (χ0v) is 13.4. The van der Waals surface area contributed by atoms with E-state index in [1.54, 1.807) is 13.1 Å². The molecule has 0 aliphatic rings. The number of guanidine groups is 1. The Balaban J connectivity index is 1.79. The van der Waals surface area contributed by atoms with Gasteiger partial charge in [0.15, 0.2) is 5.96 Å². The number of aliphatic imine (C=N–C) groups is 1. The molecule has 0 unspecified atom stereocenters. The monoisotopic (exact) mass is 302 g/mol. The van der Waals surface area contributed by atoms with Crippen LogP contribution in [0.2, 0.25) is 0 Å². The molecule has 0 fully saturated rings. The van der Waals surface area contributed by atoms with Gasteiger partial charge in [-0.25, -0.2) is 4.39 Å². The van der Waals surface area contributed by atoms with Gasteiger partial charge in [0.2, 0.25) is 0 Å². The van der Waals surface area contributed by atoms with Crippen molar-refractivity contribution in [3.05, 3.63) is 59.2 Å². The second-order valence-corrected chi connectivity index (χ2v) is 5.36. The molecule has 0 aliphatic carbocycles. The molecule has 1 aromatic carbocycles. The number of nitrogens with zero attached hydrogens (tertiary/aromatic N) is 2. The van der Waals surface area contributed by atoms with Gasteiger partial charge in [0.1, 0.15) is 5.82 Å². The molecule has 0 radical (unpaired) electrons. The molecule has 2 aromatic rings. The van der Waals surface area contributed by atoms with E-state index >= 15 is 0 Å². The van der Waals surface area contributed by atoms with E-state index in [0.717, 1.165) is 36.6 Å². The maximum absolute atomic E-state index is 13.1. The Kier molecular flexibility index (Phi) is 5.58. The number of hydrogen-bond donors (Lipinski definition) is 2. The predicted octanol–water partition coefficient (Wildman–Crippen LogP) is 2.38. The van der Waals surface area contributed by atoms with Crippen LogP contribution in [0.3, 0.4) is 0 Å². The van der Waals surface area contributed by atoms with E-state index in [1.807, 2.05) is 30.8 Å². The van der Waals surface area contributed by atoms with Crippen LogP contribution in [0.25, 0.3) is 0 Å². The lowest BCUT2D eigenvalue weighted by atomic mass is 10.1. The lowest BCUT2D eigenvalue weighted by Gasteiger charge is -2.12. The molecule has 0 amide bonds. The van der Waals surface area contributed by atoms with Gasteiger partial charge in [-0.3, -0.25) is 4.99 Å². The molecule has 0 spiro atoms. The second-order valence-electron chi connectivity index (χ2n) is 5.36. The molecule has 2 rings (SSSR count). The van der Waals surface area contributed by atoms with E-state index in [9.17, 15) is 4.39 Å². The summed E-state index contributed by atoms with van der Waals surface area (Å²) >= 11 is 0. The minimum atomic E-state index is -0.186. The molecule has 2 N–H and O–H groups in total. The van der Waals surface area contributed by atoms with E-state index in [0.29, 0.717) is 0 Å². The first-order valence-corrected chi connectivity index (χ1v) is 7.39. The predicted molar refractivity (Wildman–Crippen MR) is 88.5 cm³/mol. The third-order valence-electron chi connectivity index (χ3n) is 3.57. The van der Waals surface area contributed by atoms with Crippen molar-refractivity contribution in [2.24, 2.45) is 12.0 Å². The molecule has 0 atom stereocenters. The third kappa shape index (κ3) is 4.62. The van der Waals surface area contributed by atoms with E-state index in [4.69, 9.17) is 0 Å². The van der Waals surface area contributed by atoms with Crippen LogP contribution in [0.5, 0.6) is 0 Å². The Bertz CT molecular complexity index is 646. The molecule has 0 bridgehead atoms. The first kappa shape index (κ1) is 16.1. The summed E-state index contributed by atoms with van der Waals surface area (Å²) in [6.45, 7) is 3.41. The highest BCUT2D eigenvalue weighted by molar-refractivity contribution is 5.79. The van der Waals surface area contributed by atoms with Crippen molar-refractivity contribution in [1.29, 1.82) is 0 Å². The quantitative estimate of drug-likeness (QED) is 0.658. The molecule has 1 heterocycles. The standard InChI is InChI=1S/C17H23FN4/c1-13-10-16(18)5-4-15(13)6-8-20-17(19-2)21-11-14-7-9-22(3)12-14/h4-5,7,9-10,12H,6,8,11H2,1-3H3,(H2,19,20,21). The van der Waals surface area contributed by atoms with Crippen molar-refractivity contribution in [1.82, 2.24) is 15.2 Å². The minimum absolute atomic E-state index is 0.186. The van der Waals surface area contributed by atoms with Crippen molar-refractivity contribution in [3.63, 3.8) is 0 Å². The number of nitrogens with one attached hydrogen (secondary N) is 2. The summed E-state index contributed by atoms with van der Waals surface area (Å²) in [7, 11) is 3.76. The molecule has 118 valence electrons. The fourth-order valence-electron chi connectivity index (χ4n) is 2.33. The van der Waals surface area contributed by atoms with Crippen molar-refractivity contribution in [3.8, 4) is 0 Å². The molecule has 0 saturated heterocycles. The molecule has 4 nitrogen and oxygen atoms in total. The topological polar surface area (TPSA) is 41.4 Å². The summed E-state index contributed by atoms with van der Waals surface area (Å²) in [6, 6.07) is 6.98. The summed E-state index contributed by atoms with van der Waals surface area (Å²) < 4.78 is 15.1. The molecule has 0 aliphatic heterocycles. The number of aryl methyl sites for hydroxylation is 2. The Labute approximate surface area is 131 Å². The average Bonchev–Trinajstić information content (AvgIpc) is 2.90. The number of halogens is 1. The van der Waals surface area contributed by atoms with Crippen molar-refractivity contribution < 1.29 is 4.39 Å². The van der Waals surface area contributed by atoms with Gasteiger partial charge < -0.3 is 15.2 Å². The van der Waals surface area contributed by atoms with Gasteiger partial charge in [-0.15, -0.1) is 0 Å². The lowest BCUT2D eigenvalue weighted by Crippen LogP contribution is -2.37. The van der Waals surface area contributed by atoms with Crippen molar-refractivity contribution >= 4 is 5.96 Å². The van der Waals surface area contributed by atoms with E-state index in [2.05, 4.69) is 27.9 Å². The van der Waals surface area contributed by atoms with Gasteiger partial charge in [-0.2, -0.15) is 0 Å². The van der Waals surface area contributed by atoms with Crippen LogP contribution in [-0.4, -0.2) is 24.1 Å². The van der Waals surface area contributed by atoms with Gasteiger partial charge in [-0.05, 0) is 48.2 Å². The Hall–Kier alpha value is -2.30. The van der Waals surface area contributed by atoms with Crippen LogP contribution < -0.4 is 10.6 Å². The number of benzene rings is 1. The van der Waals surface area contributed by atoms with Gasteiger partial charge in [0.25, 0.3) is 0 Å². The van der Waals surface area contributed by atoms with Crippen LogP contribution in [-0.2, 0) is 20.0 Å². The van der Waals surface area contributed by atoms with Crippen LogP contribution >= 0.6 is 0 Å². The Morgan fingerprint density at radius 1 is 1.27 bits per heavy atom. The Morgan fingerprint density at radius 2 is 2.09 bits per heavy atom. The normalized spacial score (nSPS) is 11.5. The highest BCUT2D eigenvalue weighted by atomic mass is 19.1. The van der Waals surface area contributed by atoms with Crippen LogP contribution in [0.1, 0.15) is 16.7 Å². The lowest BCUT2D eigenvalue weighted by molar-refractivity contribution is 0.625. The highest BCUT2D eigenvalue weighted by Crippen LogP contribution is 2.10. The number of rotatable bonds is 5. The molecular weight excluding hydrogens is 279 g/mol. The summed E-state index contributed by atoms with van der Waals surface area (Å²) in [5.74, 6) is 0.582. The minimum Gasteiger partial charge on any atom is -0.357 e. The first-order chi connectivity index (χ1) is 10.6. The zero-order valence-electron chi connectivity index (χ0n) is 13.4. The van der Waals surface area contributed by atoms with Gasteiger partial charge in [-0.1, -0.05) is 6.07 Å². The van der Waals surface area contributed by atoms with Crippen molar-refractivity contribution in [2.75, 3.05) is 13.6 Å². The maximum atomic E-state index is 13.1. The van der Waals surface area contributed by atoms with E-state index in [1.165, 1.54) is 11.6 Å². The van der Waals surface area contributed by atoms with Crippen LogP contribution in [0.15, 0.2) is 41.7 Å². The fourth-order valence-corrected chi connectivity index (χ4v) is 2.33. The molecule has 1 aromatic heterocycles. The summed E-state index contributed by atoms with van der Waals surface area (Å²) in [6.07, 6.45) is 4.92. The largest absolute Gasteiger partial charge is 0.357 e. The number of hydrogen-bond acceptors (Lipinski definition) is 1. The molecule has 22 heavy (non-hydrogen) atoms. The average molecular weight is 302 g/mol. The van der Waals surface area contributed by atoms with Gasteiger partial charge in [0, 0.05) is 39.6 Å². The third-order valence-corrected chi connectivity index (χ3v) is 3.57. The summed E-state index contributed by atoms with van der Waals surface area (Å²) in [4.78, 5) is 4.21. The van der Waals surface area contributed by atoms with Gasteiger partial charge >= 0.3 is 0 Å². The van der Waals surface area contributed by atoms with E-state index < -0.39 is 0 Å². The van der Waals surface area contributed by atoms with Crippen LogP contribution in [0, 0.1) is 12.7 Å². The highest BCUT2D eigenvalue weighted by Gasteiger charge is 2.02. The van der Waals surface area contributed by atoms with E-state index in [-0.39, 0.29) is 5.82 Å². The fraction of sp³-hybridized carbons (Fsp3) is 0.353. The SMILES string of the molecule is CN=C(NCCc1ccc(F)cc1C)NCc1ccn(C)c1. The molecule has 0 saturated carbocycles. The first-order valence-electron chi connectivity index (χ1n) is 7.39. The van der Waals surface area contributed by atoms with Gasteiger partial charge in [0.05, 0.1) is 0 Å². The van der Waals surface area contributed by atoms with Crippen molar-refractivity contribution in [2.45, 2.75) is 19.9 Å². The maximum Gasteiger partial charge on any atom is 0.191 e. The summed E-state index contributed by atoms with van der Waals surface area (Å²) in [5.41, 5.74) is 3.33. The number of aromatic nitrogens is 1. The van der Waals surface area contributed by atoms with Crippen LogP contribution in [0.4, 0.5) is 4.39 Å². The Morgan fingerprint density at radius 3 is 2.73 bits per heavy atom. The second kappa shape index (κ2) is 7.64.